The van der Waals surface area contributed by atoms with Gasteiger partial charge in [-0.1, -0.05) is 127 Å². The van der Waals surface area contributed by atoms with Gasteiger partial charge in [-0.15, -0.1) is 6.67 Å². The Balaban J connectivity index is 0.000000238. The zero-order valence-electron chi connectivity index (χ0n) is 34.9. The van der Waals surface area contributed by atoms with E-state index in [9.17, 15) is 0 Å². The summed E-state index contributed by atoms with van der Waals surface area (Å²) < 4.78 is 0. The van der Waals surface area contributed by atoms with Crippen molar-refractivity contribution in [3.63, 3.8) is 0 Å². The van der Waals surface area contributed by atoms with E-state index >= 15 is 0 Å². The molecule has 1 saturated heterocycles. The van der Waals surface area contributed by atoms with Crippen LogP contribution in [-0.2, 0) is 22.4 Å². The summed E-state index contributed by atoms with van der Waals surface area (Å²) in [5.74, 6) is 2.06. The fraction of sp³-hybridized carbons (Fsp3) is 0.417. The Morgan fingerprint density at radius 1 is 0.434 bits per heavy atom. The quantitative estimate of drug-likeness (QED) is 0.130. The van der Waals surface area contributed by atoms with Gasteiger partial charge in [0.2, 0.25) is 0 Å². The van der Waals surface area contributed by atoms with Gasteiger partial charge in [-0.25, -0.2) is 0 Å². The van der Waals surface area contributed by atoms with Crippen LogP contribution in [0.3, 0.4) is 0 Å². The first kappa shape index (κ1) is 42.3. The molecular formula is C48H64AgN4-. The molecule has 0 aliphatic carbocycles. The average Bonchev–Trinajstić information content (AvgIpc) is 3.74. The smallest absolute Gasteiger partial charge is 0.502 e. The molecule has 4 aromatic rings. The molecule has 0 N–H and O–H groups in total. The van der Waals surface area contributed by atoms with Crippen molar-refractivity contribution in [2.24, 2.45) is 0 Å². The van der Waals surface area contributed by atoms with E-state index in [2.05, 4.69) is 203 Å². The first-order chi connectivity index (χ1) is 24.6. The second kappa shape index (κ2) is 17.8. The minimum atomic E-state index is 0. The molecule has 0 saturated carbocycles. The van der Waals surface area contributed by atoms with Gasteiger partial charge in [0.15, 0.2) is 0 Å². The number of hydrogen-bond acceptors (Lipinski definition) is 4. The van der Waals surface area contributed by atoms with Crippen LogP contribution in [0.25, 0.3) is 0 Å². The number of nitrogens with zero attached hydrogens (tertiary/aromatic N) is 4. The Morgan fingerprint density at radius 3 is 0.981 bits per heavy atom. The molecule has 0 aromatic heterocycles. The van der Waals surface area contributed by atoms with Gasteiger partial charge in [0.1, 0.15) is 0 Å². The molecule has 0 unspecified atom stereocenters. The van der Waals surface area contributed by atoms with Crippen LogP contribution < -0.4 is 19.6 Å². The molecule has 288 valence electrons. The van der Waals surface area contributed by atoms with Crippen LogP contribution in [0.5, 0.6) is 0 Å². The minimum Gasteiger partial charge on any atom is -0.502 e. The monoisotopic (exact) mass is 803 g/mol. The van der Waals surface area contributed by atoms with Gasteiger partial charge in [-0.2, -0.15) is 6.67 Å². The van der Waals surface area contributed by atoms with Gasteiger partial charge in [-0.05, 0) is 122 Å². The zero-order valence-corrected chi connectivity index (χ0v) is 36.4. The molecule has 2 heterocycles. The van der Waals surface area contributed by atoms with Crippen molar-refractivity contribution in [2.75, 3.05) is 32.7 Å². The summed E-state index contributed by atoms with van der Waals surface area (Å²) in [4.78, 5) is 9.46. The van der Waals surface area contributed by atoms with Crippen molar-refractivity contribution < 1.29 is 22.4 Å². The molecule has 0 spiro atoms. The molecule has 4 aromatic carbocycles. The number of aryl methyl sites for hydroxylation is 6. The van der Waals surface area contributed by atoms with Gasteiger partial charge < -0.3 is 19.6 Å². The van der Waals surface area contributed by atoms with Gasteiger partial charge >= 0.3 is 22.4 Å². The molecule has 1 fully saturated rings. The first-order valence-electron chi connectivity index (χ1n) is 19.5. The third-order valence-corrected chi connectivity index (χ3v) is 10.5. The van der Waals surface area contributed by atoms with E-state index in [-0.39, 0.29) is 22.4 Å². The number of para-hydroxylation sites is 2. The van der Waals surface area contributed by atoms with Crippen LogP contribution in [0.1, 0.15) is 135 Å². The number of benzene rings is 4. The van der Waals surface area contributed by atoms with Gasteiger partial charge in [0.25, 0.3) is 0 Å². The second-order valence-corrected chi connectivity index (χ2v) is 16.4. The standard InChI is InChI=1S/C27H39N2.C21H25N2.Ag/c1-18(2)22-11-9-12-23(19(3)4)26(22)28-15-16-29(17-28)27-24(20(5)6)13-10-14-25(27)21(7)8;1-14-9-16(3)20(17(4)10-14)22-7-8-23(13-22)21-18(5)11-15(2)12-19(21)6;/h9-14,17-21H,15-16H2,1-8H3;7-13H,1-6H3;/q2*-1;+1. The van der Waals surface area contributed by atoms with Crippen molar-refractivity contribution in [1.29, 1.82) is 0 Å². The summed E-state index contributed by atoms with van der Waals surface area (Å²) in [5, 5.41) is 0. The molecule has 0 bridgehead atoms. The van der Waals surface area contributed by atoms with E-state index in [1.165, 1.54) is 78.4 Å². The van der Waals surface area contributed by atoms with Crippen LogP contribution in [0, 0.1) is 54.9 Å². The molecule has 5 heteroatoms. The number of hydrogen-bond donors (Lipinski definition) is 0. The van der Waals surface area contributed by atoms with Crippen molar-refractivity contribution >= 4 is 22.7 Å². The predicted octanol–water partition coefficient (Wildman–Crippen LogP) is 13.1. The maximum atomic E-state index is 2.51. The summed E-state index contributed by atoms with van der Waals surface area (Å²) >= 11 is 0. The maximum Gasteiger partial charge on any atom is 1.00 e. The van der Waals surface area contributed by atoms with Crippen LogP contribution >= 0.6 is 0 Å². The third kappa shape index (κ3) is 9.27. The van der Waals surface area contributed by atoms with Crippen molar-refractivity contribution in [3.05, 3.63) is 142 Å². The van der Waals surface area contributed by atoms with Crippen molar-refractivity contribution in [1.82, 2.24) is 0 Å². The summed E-state index contributed by atoms with van der Waals surface area (Å²) in [7, 11) is 0. The SMILES string of the molecule is CC(C)c1cccc(C(C)C)c1N1[CH-]N(c2c(C(C)C)cccc2C(C)C)CC1.Cc1cc(C)c(N2C=CN(c3c(C)cc(C)cc3C)[CH-]2)c(C)c1.[Ag+]. The molecule has 0 atom stereocenters. The maximum absolute atomic E-state index is 2.51. The van der Waals surface area contributed by atoms with Gasteiger partial charge in [0.05, 0.1) is 0 Å². The second-order valence-electron chi connectivity index (χ2n) is 16.4. The average molecular weight is 805 g/mol. The molecule has 0 amide bonds. The Morgan fingerprint density at radius 2 is 0.717 bits per heavy atom. The molecular weight excluding hydrogens is 740 g/mol. The molecule has 4 nitrogen and oxygen atoms in total. The third-order valence-electron chi connectivity index (χ3n) is 10.5. The Labute approximate surface area is 338 Å². The Bertz CT molecular complexity index is 1670. The summed E-state index contributed by atoms with van der Waals surface area (Å²) in [6.07, 6.45) is 4.28. The normalized spacial score (nSPS) is 14.2. The first-order valence-corrected chi connectivity index (χ1v) is 19.5. The van der Waals surface area contributed by atoms with Crippen molar-refractivity contribution in [3.8, 4) is 0 Å². The van der Waals surface area contributed by atoms with E-state index in [1.807, 2.05) is 0 Å². The van der Waals surface area contributed by atoms with Crippen LogP contribution in [0.2, 0.25) is 0 Å². The van der Waals surface area contributed by atoms with E-state index in [1.54, 1.807) is 0 Å². The Hall–Kier alpha value is -3.44. The molecule has 6 rings (SSSR count). The molecule has 0 radical (unpaired) electrons. The summed E-state index contributed by atoms with van der Waals surface area (Å²) in [6, 6.07) is 22.7. The van der Waals surface area contributed by atoms with Crippen LogP contribution in [0.15, 0.2) is 73.1 Å². The molecule has 2 aliphatic heterocycles. The minimum absolute atomic E-state index is 0. The summed E-state index contributed by atoms with van der Waals surface area (Å²) in [5.41, 5.74) is 19.1. The van der Waals surface area contributed by atoms with Crippen LogP contribution in [0.4, 0.5) is 22.7 Å². The fourth-order valence-corrected chi connectivity index (χ4v) is 8.30. The summed E-state index contributed by atoms with van der Waals surface area (Å²) in [6.45, 7) is 38.1. The largest absolute Gasteiger partial charge is 1.00 e. The van der Waals surface area contributed by atoms with E-state index in [4.69, 9.17) is 0 Å². The number of rotatable bonds is 8. The topological polar surface area (TPSA) is 13.0 Å². The van der Waals surface area contributed by atoms with Crippen molar-refractivity contribution in [2.45, 2.75) is 121 Å². The van der Waals surface area contributed by atoms with E-state index < -0.39 is 0 Å². The molecule has 2 aliphatic rings. The van der Waals surface area contributed by atoms with Gasteiger partial charge in [0, 0.05) is 35.8 Å². The number of anilines is 4. The van der Waals surface area contributed by atoms with E-state index in [0.29, 0.717) is 23.7 Å². The van der Waals surface area contributed by atoms with Gasteiger partial charge in [-0.3, -0.25) is 0 Å². The van der Waals surface area contributed by atoms with Crippen LogP contribution in [-0.4, -0.2) is 13.1 Å². The predicted molar refractivity (Wildman–Crippen MR) is 228 cm³/mol. The Kier molecular flexibility index (Phi) is 14.2. The van der Waals surface area contributed by atoms with E-state index in [0.717, 1.165) is 13.1 Å². The zero-order chi connectivity index (χ0) is 38.0. The molecule has 53 heavy (non-hydrogen) atoms. The fourth-order valence-electron chi connectivity index (χ4n) is 8.30.